The quantitative estimate of drug-likeness (QED) is 0.248. The number of fused-ring (bicyclic) bond motifs is 1. The molecular formula is C28H24O6. The highest BCUT2D eigenvalue weighted by atomic mass is 16.3. The Morgan fingerprint density at radius 1 is 0.559 bits per heavy atom. The first-order valence-corrected chi connectivity index (χ1v) is 10.6. The molecule has 34 heavy (non-hydrogen) atoms. The third-order valence-corrected chi connectivity index (χ3v) is 5.62. The van der Waals surface area contributed by atoms with Gasteiger partial charge in [0.1, 0.15) is 34.5 Å². The number of rotatable bonds is 3. The molecule has 6 heteroatoms. The van der Waals surface area contributed by atoms with Crippen LogP contribution in [0.2, 0.25) is 0 Å². The maximum absolute atomic E-state index is 10.3. The van der Waals surface area contributed by atoms with Gasteiger partial charge in [-0.25, -0.2) is 0 Å². The lowest BCUT2D eigenvalue weighted by molar-refractivity contribution is 0.447. The Hall–Kier alpha value is -4.58. The highest BCUT2D eigenvalue weighted by Gasteiger charge is 2.26. The summed E-state index contributed by atoms with van der Waals surface area (Å²) in [5, 5.41) is 56.6. The first-order chi connectivity index (χ1) is 16.3. The van der Waals surface area contributed by atoms with Crippen molar-refractivity contribution in [2.24, 2.45) is 0 Å². The maximum atomic E-state index is 10.3. The highest BCUT2D eigenvalue weighted by molar-refractivity contribution is 5.99. The highest BCUT2D eigenvalue weighted by Crippen LogP contribution is 2.45. The molecule has 4 aromatic rings. The molecule has 0 spiro atoms. The minimum Gasteiger partial charge on any atom is -0.508 e. The summed E-state index contributed by atoms with van der Waals surface area (Å²) in [5.74, 6) is 0.692. The van der Waals surface area contributed by atoms with Gasteiger partial charge in [-0.15, -0.1) is 0 Å². The van der Waals surface area contributed by atoms with Gasteiger partial charge in [0.2, 0.25) is 0 Å². The van der Waals surface area contributed by atoms with Crippen molar-refractivity contribution in [3.05, 3.63) is 107 Å². The molecule has 5 rings (SSSR count). The number of hydrogen-bond donors (Lipinski definition) is 6. The third-order valence-electron chi connectivity index (χ3n) is 5.62. The van der Waals surface area contributed by atoms with Crippen LogP contribution < -0.4 is 0 Å². The monoisotopic (exact) mass is 456 g/mol. The topological polar surface area (TPSA) is 121 Å². The molecule has 6 nitrogen and oxygen atoms in total. The lowest BCUT2D eigenvalue weighted by Crippen LogP contribution is -1.92. The van der Waals surface area contributed by atoms with Crippen LogP contribution in [0, 0.1) is 0 Å². The predicted molar refractivity (Wildman–Crippen MR) is 130 cm³/mol. The Morgan fingerprint density at radius 3 is 1.71 bits per heavy atom. The predicted octanol–water partition coefficient (Wildman–Crippen LogP) is 5.32. The van der Waals surface area contributed by atoms with Crippen LogP contribution in [0.5, 0.6) is 34.5 Å². The summed E-state index contributed by atoms with van der Waals surface area (Å²) in [6.45, 7) is 0. The van der Waals surface area contributed by atoms with Crippen LogP contribution in [0.25, 0.3) is 11.1 Å². The fourth-order valence-electron chi connectivity index (χ4n) is 3.99. The van der Waals surface area contributed by atoms with Crippen LogP contribution in [0.15, 0.2) is 84.9 Å². The van der Waals surface area contributed by atoms with Crippen molar-refractivity contribution in [3.8, 4) is 34.5 Å². The molecule has 6 N–H and O–H groups in total. The van der Waals surface area contributed by atoms with Gasteiger partial charge in [0.25, 0.3) is 0 Å². The first-order valence-electron chi connectivity index (χ1n) is 10.6. The molecule has 0 radical (unpaired) electrons. The summed E-state index contributed by atoms with van der Waals surface area (Å²) in [6.07, 6.45) is 1.16. The molecule has 0 heterocycles. The molecule has 172 valence electrons. The van der Waals surface area contributed by atoms with Gasteiger partial charge in [0.15, 0.2) is 0 Å². The van der Waals surface area contributed by atoms with Gasteiger partial charge < -0.3 is 30.6 Å². The van der Waals surface area contributed by atoms with Crippen molar-refractivity contribution in [2.75, 3.05) is 0 Å². The molecule has 0 aliphatic heterocycles. The molecular weight excluding hydrogens is 432 g/mol. The summed E-state index contributed by atoms with van der Waals surface area (Å²) < 4.78 is 0. The van der Waals surface area contributed by atoms with Crippen LogP contribution in [0.4, 0.5) is 0 Å². The summed E-state index contributed by atoms with van der Waals surface area (Å²) in [5.41, 5.74) is 5.67. The van der Waals surface area contributed by atoms with Crippen LogP contribution in [0.3, 0.4) is 0 Å². The zero-order valence-electron chi connectivity index (χ0n) is 18.2. The van der Waals surface area contributed by atoms with E-state index in [9.17, 15) is 20.4 Å². The molecule has 0 saturated carbocycles. The molecule has 0 amide bonds. The second-order valence-corrected chi connectivity index (χ2v) is 8.03. The van der Waals surface area contributed by atoms with Crippen molar-refractivity contribution in [1.82, 2.24) is 0 Å². The van der Waals surface area contributed by atoms with Crippen LogP contribution >= 0.6 is 0 Å². The van der Waals surface area contributed by atoms with E-state index in [2.05, 4.69) is 0 Å². The fourth-order valence-corrected chi connectivity index (χ4v) is 3.99. The largest absolute Gasteiger partial charge is 0.508 e. The molecule has 0 fully saturated rings. The maximum Gasteiger partial charge on any atom is 0.123 e. The molecule has 4 aromatic carbocycles. The van der Waals surface area contributed by atoms with Gasteiger partial charge in [-0.2, -0.15) is 0 Å². The third kappa shape index (κ3) is 5.07. The number of phenolic OH excluding ortho intramolecular Hbond substituents is 6. The second kappa shape index (κ2) is 9.50. The van der Waals surface area contributed by atoms with Crippen LogP contribution in [-0.2, 0) is 12.8 Å². The van der Waals surface area contributed by atoms with E-state index in [0.29, 0.717) is 12.8 Å². The van der Waals surface area contributed by atoms with Crippen molar-refractivity contribution < 1.29 is 30.6 Å². The van der Waals surface area contributed by atoms with Gasteiger partial charge in [0, 0.05) is 24.1 Å². The first kappa shape index (κ1) is 22.6. The minimum absolute atomic E-state index is 0.0245. The Bertz CT molecular complexity index is 1320. The summed E-state index contributed by atoms with van der Waals surface area (Å²) in [6, 6.07) is 22.9. The van der Waals surface area contributed by atoms with Crippen molar-refractivity contribution in [3.63, 3.8) is 0 Å². The zero-order valence-corrected chi connectivity index (χ0v) is 18.2. The molecule has 1 aliphatic rings. The molecule has 0 unspecified atom stereocenters. The van der Waals surface area contributed by atoms with Gasteiger partial charge in [0.05, 0.1) is 0 Å². The Morgan fingerprint density at radius 2 is 1.15 bits per heavy atom. The smallest absolute Gasteiger partial charge is 0.123 e. The van der Waals surface area contributed by atoms with Crippen LogP contribution in [0.1, 0.15) is 22.3 Å². The fraction of sp³-hybridized carbons (Fsp3) is 0.0714. The molecule has 0 atom stereocenters. The minimum atomic E-state index is 0.0245. The lowest BCUT2D eigenvalue weighted by Gasteiger charge is -2.10. The van der Waals surface area contributed by atoms with Crippen molar-refractivity contribution in [1.29, 1.82) is 0 Å². The van der Waals surface area contributed by atoms with Gasteiger partial charge in [-0.05, 0) is 76.7 Å². The van der Waals surface area contributed by atoms with E-state index in [-0.39, 0.29) is 34.5 Å². The van der Waals surface area contributed by atoms with Crippen molar-refractivity contribution in [2.45, 2.75) is 12.8 Å². The lowest BCUT2D eigenvalue weighted by atomic mass is 9.94. The van der Waals surface area contributed by atoms with E-state index >= 15 is 0 Å². The molecule has 1 aliphatic carbocycles. The second-order valence-electron chi connectivity index (χ2n) is 8.03. The summed E-state index contributed by atoms with van der Waals surface area (Å²) >= 11 is 0. The number of aromatic hydroxyl groups is 6. The molecule has 0 bridgehead atoms. The van der Waals surface area contributed by atoms with E-state index in [1.165, 1.54) is 24.3 Å². The summed E-state index contributed by atoms with van der Waals surface area (Å²) in [7, 11) is 0. The van der Waals surface area contributed by atoms with E-state index in [1.54, 1.807) is 36.4 Å². The van der Waals surface area contributed by atoms with Gasteiger partial charge in [-0.1, -0.05) is 30.3 Å². The number of phenols is 6. The Kier molecular flexibility index (Phi) is 6.32. The standard InChI is InChI=1S/C22H18O4.C6H6O2/c23-15-5-1-13(2-6-15)9-19-18(14-3-7-16(24)8-4-14)12-21-20(19)10-17(25)11-22(21)26;7-5-2-1-3-6(8)4-5/h1-8,10-11,23-26H,9,12H2;1-4,7-8H. The van der Waals surface area contributed by atoms with E-state index in [1.807, 2.05) is 24.3 Å². The van der Waals surface area contributed by atoms with E-state index < -0.39 is 0 Å². The average Bonchev–Trinajstić information content (AvgIpc) is 3.15. The number of allylic oxidation sites excluding steroid dienone is 2. The summed E-state index contributed by atoms with van der Waals surface area (Å²) in [4.78, 5) is 0. The average molecular weight is 456 g/mol. The Balaban J connectivity index is 0.000000291. The van der Waals surface area contributed by atoms with Crippen LogP contribution in [-0.4, -0.2) is 30.6 Å². The normalized spacial score (nSPS) is 12.1. The molecule has 0 aromatic heterocycles. The number of hydrogen-bond acceptors (Lipinski definition) is 6. The van der Waals surface area contributed by atoms with E-state index in [0.717, 1.165) is 33.4 Å². The van der Waals surface area contributed by atoms with E-state index in [4.69, 9.17) is 10.2 Å². The number of benzene rings is 4. The zero-order chi connectivity index (χ0) is 24.2. The van der Waals surface area contributed by atoms with Gasteiger partial charge >= 0.3 is 0 Å². The van der Waals surface area contributed by atoms with Gasteiger partial charge in [-0.3, -0.25) is 0 Å². The van der Waals surface area contributed by atoms with Crippen molar-refractivity contribution >= 4 is 11.1 Å². The molecule has 0 saturated heterocycles. The SMILES string of the molecule is Oc1ccc(CC2=C(c3ccc(O)cc3)Cc3c(O)cc(O)cc32)cc1.Oc1cccc(O)c1. The Labute approximate surface area is 196 Å².